The lowest BCUT2D eigenvalue weighted by Crippen LogP contribution is -2.43. The molecule has 1 heterocycles. The zero-order valence-electron chi connectivity index (χ0n) is 11.5. The highest BCUT2D eigenvalue weighted by atomic mass is 32.2. The Morgan fingerprint density at radius 2 is 2.11 bits per heavy atom. The van der Waals surface area contributed by atoms with Gasteiger partial charge in [0.15, 0.2) is 0 Å². The van der Waals surface area contributed by atoms with E-state index in [1.165, 1.54) is 0 Å². The molecule has 1 aliphatic heterocycles. The number of hydrogen-bond acceptors (Lipinski definition) is 3. The van der Waals surface area contributed by atoms with E-state index in [1.54, 1.807) is 28.6 Å². The van der Waals surface area contributed by atoms with Crippen molar-refractivity contribution in [2.24, 2.45) is 5.41 Å². The van der Waals surface area contributed by atoms with Crippen molar-refractivity contribution in [2.75, 3.05) is 13.1 Å². The summed E-state index contributed by atoms with van der Waals surface area (Å²) in [5, 5.41) is 9.11. The molecule has 2 rings (SSSR count). The van der Waals surface area contributed by atoms with Crippen molar-refractivity contribution in [2.45, 2.75) is 38.2 Å². The number of aliphatic hydroxyl groups is 1. The number of aliphatic hydroxyl groups excluding tert-OH is 1. The molecule has 0 aliphatic carbocycles. The fourth-order valence-electron chi connectivity index (χ4n) is 2.53. The van der Waals surface area contributed by atoms with Gasteiger partial charge in [-0.3, -0.25) is 0 Å². The van der Waals surface area contributed by atoms with Crippen LogP contribution in [0.5, 0.6) is 0 Å². The van der Waals surface area contributed by atoms with Crippen LogP contribution in [0.4, 0.5) is 0 Å². The molecule has 19 heavy (non-hydrogen) atoms. The SMILES string of the molecule is CC1(C)CCCN(S(=O)(=O)c2cccc(CO)c2)C1. The van der Waals surface area contributed by atoms with Gasteiger partial charge < -0.3 is 5.11 Å². The van der Waals surface area contributed by atoms with Gasteiger partial charge in [0.2, 0.25) is 10.0 Å². The molecule has 0 bridgehead atoms. The predicted octanol–water partition coefficient (Wildman–Crippen LogP) is 1.99. The first kappa shape index (κ1) is 14.5. The molecule has 1 N–H and O–H groups in total. The summed E-state index contributed by atoms with van der Waals surface area (Å²) in [4.78, 5) is 0.275. The van der Waals surface area contributed by atoms with E-state index in [9.17, 15) is 8.42 Å². The zero-order valence-corrected chi connectivity index (χ0v) is 12.3. The maximum atomic E-state index is 12.6. The summed E-state index contributed by atoms with van der Waals surface area (Å²) in [6, 6.07) is 6.54. The van der Waals surface area contributed by atoms with Crippen molar-refractivity contribution in [3.63, 3.8) is 0 Å². The minimum Gasteiger partial charge on any atom is -0.392 e. The summed E-state index contributed by atoms with van der Waals surface area (Å²) in [7, 11) is -3.44. The Hall–Kier alpha value is -0.910. The van der Waals surface area contributed by atoms with Crippen molar-refractivity contribution in [1.82, 2.24) is 4.31 Å². The molecule has 5 heteroatoms. The minimum atomic E-state index is -3.44. The Kier molecular flexibility index (Phi) is 3.99. The highest BCUT2D eigenvalue weighted by molar-refractivity contribution is 7.89. The van der Waals surface area contributed by atoms with Gasteiger partial charge in [-0.05, 0) is 36.0 Å². The normalized spacial score (nSPS) is 20.4. The lowest BCUT2D eigenvalue weighted by molar-refractivity contribution is 0.187. The van der Waals surface area contributed by atoms with Crippen LogP contribution in [0.25, 0.3) is 0 Å². The molecule has 0 amide bonds. The Morgan fingerprint density at radius 1 is 1.37 bits per heavy atom. The van der Waals surface area contributed by atoms with E-state index in [1.807, 2.05) is 0 Å². The molecule has 106 valence electrons. The first-order valence-corrected chi connectivity index (χ1v) is 7.99. The average Bonchev–Trinajstić information content (AvgIpc) is 2.37. The quantitative estimate of drug-likeness (QED) is 0.923. The number of nitrogens with zero attached hydrogens (tertiary/aromatic N) is 1. The largest absolute Gasteiger partial charge is 0.392 e. The average molecular weight is 283 g/mol. The molecule has 0 saturated carbocycles. The molecule has 0 atom stereocenters. The highest BCUT2D eigenvalue weighted by Crippen LogP contribution is 2.31. The fourth-order valence-corrected chi connectivity index (χ4v) is 4.27. The van der Waals surface area contributed by atoms with Gasteiger partial charge in [-0.1, -0.05) is 26.0 Å². The summed E-state index contributed by atoms with van der Waals surface area (Å²) in [5.74, 6) is 0. The molecule has 1 aromatic rings. The van der Waals surface area contributed by atoms with Crippen molar-refractivity contribution in [3.05, 3.63) is 29.8 Å². The van der Waals surface area contributed by atoms with Gasteiger partial charge >= 0.3 is 0 Å². The summed E-state index contributed by atoms with van der Waals surface area (Å²) < 4.78 is 26.7. The maximum Gasteiger partial charge on any atom is 0.243 e. The van der Waals surface area contributed by atoms with Crippen LogP contribution in [0, 0.1) is 5.41 Å². The monoisotopic (exact) mass is 283 g/mol. The van der Waals surface area contributed by atoms with E-state index < -0.39 is 10.0 Å². The van der Waals surface area contributed by atoms with E-state index in [0.29, 0.717) is 18.7 Å². The zero-order chi connectivity index (χ0) is 14.1. The Morgan fingerprint density at radius 3 is 2.74 bits per heavy atom. The molecule has 4 nitrogen and oxygen atoms in total. The molecule has 1 aliphatic rings. The fraction of sp³-hybridized carbons (Fsp3) is 0.571. The third-order valence-electron chi connectivity index (χ3n) is 3.58. The third-order valence-corrected chi connectivity index (χ3v) is 5.43. The van der Waals surface area contributed by atoms with Crippen molar-refractivity contribution in [3.8, 4) is 0 Å². The van der Waals surface area contributed by atoms with Gasteiger partial charge in [-0.2, -0.15) is 4.31 Å². The van der Waals surface area contributed by atoms with Crippen LogP contribution >= 0.6 is 0 Å². The number of rotatable bonds is 3. The number of sulfonamides is 1. The van der Waals surface area contributed by atoms with Crippen molar-refractivity contribution >= 4 is 10.0 Å². The summed E-state index contributed by atoms with van der Waals surface area (Å²) in [6.07, 6.45) is 1.95. The Labute approximate surface area is 115 Å². The Bertz CT molecular complexity index is 552. The van der Waals surface area contributed by atoms with Crippen LogP contribution in [-0.4, -0.2) is 30.9 Å². The third kappa shape index (κ3) is 3.16. The van der Waals surface area contributed by atoms with Crippen molar-refractivity contribution < 1.29 is 13.5 Å². The number of piperidine rings is 1. The van der Waals surface area contributed by atoms with E-state index in [0.717, 1.165) is 12.8 Å². The smallest absolute Gasteiger partial charge is 0.243 e. The van der Waals surface area contributed by atoms with Gasteiger partial charge in [-0.15, -0.1) is 0 Å². The van der Waals surface area contributed by atoms with Gasteiger partial charge in [0, 0.05) is 13.1 Å². The molecule has 0 unspecified atom stereocenters. The summed E-state index contributed by atoms with van der Waals surface area (Å²) in [6.45, 7) is 5.18. The lowest BCUT2D eigenvalue weighted by Gasteiger charge is -2.37. The topological polar surface area (TPSA) is 57.6 Å². The summed E-state index contributed by atoms with van der Waals surface area (Å²) >= 11 is 0. The highest BCUT2D eigenvalue weighted by Gasteiger charge is 2.34. The van der Waals surface area contributed by atoms with E-state index >= 15 is 0 Å². The standard InChI is InChI=1S/C14H21NO3S/c1-14(2)7-4-8-15(11-14)19(17,18)13-6-3-5-12(9-13)10-16/h3,5-6,9,16H,4,7-8,10-11H2,1-2H3. The van der Waals surface area contributed by atoms with Gasteiger partial charge in [0.05, 0.1) is 11.5 Å². The maximum absolute atomic E-state index is 12.6. The van der Waals surface area contributed by atoms with E-state index in [4.69, 9.17) is 5.11 Å². The minimum absolute atomic E-state index is 0.0277. The second-order valence-electron chi connectivity index (χ2n) is 5.91. The first-order valence-electron chi connectivity index (χ1n) is 6.55. The molecule has 0 radical (unpaired) electrons. The first-order chi connectivity index (χ1) is 8.85. The molecule has 0 aromatic heterocycles. The molecular formula is C14H21NO3S. The van der Waals surface area contributed by atoms with E-state index in [-0.39, 0.29) is 16.9 Å². The van der Waals surface area contributed by atoms with Crippen LogP contribution in [-0.2, 0) is 16.6 Å². The van der Waals surface area contributed by atoms with Crippen LogP contribution in [0.3, 0.4) is 0 Å². The predicted molar refractivity (Wildman–Crippen MR) is 74.1 cm³/mol. The van der Waals surface area contributed by atoms with Crippen molar-refractivity contribution in [1.29, 1.82) is 0 Å². The second kappa shape index (κ2) is 5.23. The molecule has 0 spiro atoms. The molecule has 1 saturated heterocycles. The van der Waals surface area contributed by atoms with Crippen LogP contribution < -0.4 is 0 Å². The van der Waals surface area contributed by atoms with Crippen LogP contribution in [0.1, 0.15) is 32.3 Å². The van der Waals surface area contributed by atoms with Crippen LogP contribution in [0.15, 0.2) is 29.2 Å². The molecule has 1 aromatic carbocycles. The second-order valence-corrected chi connectivity index (χ2v) is 7.85. The van der Waals surface area contributed by atoms with Gasteiger partial charge in [0.1, 0.15) is 0 Å². The van der Waals surface area contributed by atoms with Gasteiger partial charge in [-0.25, -0.2) is 8.42 Å². The number of hydrogen-bond donors (Lipinski definition) is 1. The lowest BCUT2D eigenvalue weighted by atomic mass is 9.85. The number of benzene rings is 1. The van der Waals surface area contributed by atoms with Gasteiger partial charge in [0.25, 0.3) is 0 Å². The molecular weight excluding hydrogens is 262 g/mol. The Balaban J connectivity index is 2.31. The van der Waals surface area contributed by atoms with Crippen LogP contribution in [0.2, 0.25) is 0 Å². The van der Waals surface area contributed by atoms with E-state index in [2.05, 4.69) is 13.8 Å². The summed E-state index contributed by atoms with van der Waals surface area (Å²) in [5.41, 5.74) is 0.650. The molecule has 1 fully saturated rings.